The molecule has 1 heterocycles. The van der Waals surface area contributed by atoms with E-state index in [9.17, 15) is 4.79 Å². The molecule has 0 fully saturated rings. The number of carbonyl (C=O) groups excluding carboxylic acids is 1. The molecule has 1 amide bonds. The summed E-state index contributed by atoms with van der Waals surface area (Å²) < 4.78 is 12.1. The molecule has 0 aromatic heterocycles. The highest BCUT2D eigenvalue weighted by Gasteiger charge is 2.25. The summed E-state index contributed by atoms with van der Waals surface area (Å²) in [7, 11) is 1.87. The number of hydrogen-bond acceptors (Lipinski definition) is 5. The van der Waals surface area contributed by atoms with Gasteiger partial charge >= 0.3 is 0 Å². The molecule has 1 aliphatic rings. The van der Waals surface area contributed by atoms with Gasteiger partial charge in [0.05, 0.1) is 22.6 Å². The smallest absolute Gasteiger partial charge is 0.286 e. The first-order chi connectivity index (χ1) is 13.9. The largest absolute Gasteiger partial charge is 0.490 e. The average Bonchev–Trinajstić information content (AvgIpc) is 3.05. The van der Waals surface area contributed by atoms with Gasteiger partial charge in [-0.15, -0.1) is 0 Å². The summed E-state index contributed by atoms with van der Waals surface area (Å²) in [6, 6.07) is 11.1. The summed E-state index contributed by atoms with van der Waals surface area (Å²) in [5.41, 5.74) is 1.72. The lowest BCUT2D eigenvalue weighted by molar-refractivity contribution is -0.113. The van der Waals surface area contributed by atoms with E-state index < -0.39 is 0 Å². The number of nitrogens with zero attached hydrogens (tertiary/aromatic N) is 2. The summed E-state index contributed by atoms with van der Waals surface area (Å²) in [4.78, 5) is 19.0. The van der Waals surface area contributed by atoms with Crippen LogP contribution in [0, 0.1) is 0 Å². The standard InChI is InChI=1S/C21H20BrClN2O3S/c1-4-27-17-11-13(10-16(22)19(17)28-5-2)12-18-20(26)24-21(29-18)25(3)15-8-6-14(23)7-9-15/h6-12H,4-5H2,1-3H3/b18-12-. The number of halogens is 2. The van der Waals surface area contributed by atoms with E-state index in [-0.39, 0.29) is 5.91 Å². The Hall–Kier alpha value is -1.96. The van der Waals surface area contributed by atoms with Gasteiger partial charge < -0.3 is 14.4 Å². The lowest BCUT2D eigenvalue weighted by Gasteiger charge is -2.17. The monoisotopic (exact) mass is 494 g/mol. The number of anilines is 1. The Kier molecular flexibility index (Phi) is 7.27. The SMILES string of the molecule is CCOc1cc(/C=C2\SC(N(C)c3ccc(Cl)cc3)=NC2=O)cc(Br)c1OCC. The van der Waals surface area contributed by atoms with Crippen LogP contribution >= 0.6 is 39.3 Å². The van der Waals surface area contributed by atoms with Crippen LogP contribution in [-0.2, 0) is 4.79 Å². The molecule has 0 N–H and O–H groups in total. The van der Waals surface area contributed by atoms with Crippen molar-refractivity contribution in [2.24, 2.45) is 4.99 Å². The maximum Gasteiger partial charge on any atom is 0.286 e. The van der Waals surface area contributed by atoms with Gasteiger partial charge in [-0.3, -0.25) is 4.79 Å². The second-order valence-corrected chi connectivity index (χ2v) is 8.34. The minimum Gasteiger partial charge on any atom is -0.490 e. The fourth-order valence-corrected chi connectivity index (χ4v) is 4.28. The first-order valence-corrected chi connectivity index (χ1v) is 11.0. The predicted molar refractivity (Wildman–Crippen MR) is 124 cm³/mol. The van der Waals surface area contributed by atoms with Crippen LogP contribution in [0.2, 0.25) is 5.02 Å². The predicted octanol–water partition coefficient (Wildman–Crippen LogP) is 6.01. The lowest BCUT2D eigenvalue weighted by Crippen LogP contribution is -2.21. The van der Waals surface area contributed by atoms with Crippen molar-refractivity contribution >= 4 is 62.1 Å². The summed E-state index contributed by atoms with van der Waals surface area (Å²) in [5.74, 6) is 1.01. The number of amides is 1. The lowest BCUT2D eigenvalue weighted by atomic mass is 10.2. The molecule has 0 atom stereocenters. The van der Waals surface area contributed by atoms with E-state index in [4.69, 9.17) is 21.1 Å². The molecular weight excluding hydrogens is 476 g/mol. The molecule has 152 valence electrons. The zero-order valence-electron chi connectivity index (χ0n) is 16.2. The molecule has 0 spiro atoms. The maximum absolute atomic E-state index is 12.5. The Bertz CT molecular complexity index is 977. The molecule has 29 heavy (non-hydrogen) atoms. The molecule has 0 aliphatic carbocycles. The molecular formula is C21H20BrClN2O3S. The number of benzene rings is 2. The topological polar surface area (TPSA) is 51.1 Å². The van der Waals surface area contributed by atoms with Crippen LogP contribution in [0.5, 0.6) is 11.5 Å². The molecule has 0 unspecified atom stereocenters. The Morgan fingerprint density at radius 1 is 1.17 bits per heavy atom. The number of hydrogen-bond donors (Lipinski definition) is 0. The maximum atomic E-state index is 12.5. The molecule has 0 radical (unpaired) electrons. The van der Waals surface area contributed by atoms with Crippen molar-refractivity contribution in [1.29, 1.82) is 0 Å². The van der Waals surface area contributed by atoms with Crippen molar-refractivity contribution in [2.75, 3.05) is 25.2 Å². The van der Waals surface area contributed by atoms with Crippen LogP contribution in [0.1, 0.15) is 19.4 Å². The van der Waals surface area contributed by atoms with E-state index in [1.54, 1.807) is 12.1 Å². The molecule has 5 nitrogen and oxygen atoms in total. The number of carbonyl (C=O) groups is 1. The van der Waals surface area contributed by atoms with E-state index in [1.807, 2.05) is 56.1 Å². The number of aliphatic imine (C=N–C) groups is 1. The summed E-state index contributed by atoms with van der Waals surface area (Å²) in [6.45, 7) is 4.88. The zero-order chi connectivity index (χ0) is 21.0. The zero-order valence-corrected chi connectivity index (χ0v) is 19.4. The van der Waals surface area contributed by atoms with E-state index in [1.165, 1.54) is 11.8 Å². The molecule has 1 aliphatic heterocycles. The van der Waals surface area contributed by atoms with Gasteiger partial charge in [0.2, 0.25) is 0 Å². The van der Waals surface area contributed by atoms with E-state index in [0.717, 1.165) is 15.7 Å². The van der Waals surface area contributed by atoms with E-state index >= 15 is 0 Å². The van der Waals surface area contributed by atoms with Crippen molar-refractivity contribution in [3.05, 3.63) is 56.4 Å². The van der Waals surface area contributed by atoms with Gasteiger partial charge in [0.1, 0.15) is 0 Å². The van der Waals surface area contributed by atoms with Crippen LogP contribution in [-0.4, -0.2) is 31.3 Å². The van der Waals surface area contributed by atoms with Crippen LogP contribution < -0.4 is 14.4 Å². The number of ether oxygens (including phenoxy) is 2. The third-order valence-corrected chi connectivity index (χ3v) is 5.93. The quantitative estimate of drug-likeness (QED) is 0.460. The summed E-state index contributed by atoms with van der Waals surface area (Å²) in [6.07, 6.45) is 1.81. The van der Waals surface area contributed by atoms with Crippen LogP contribution in [0.4, 0.5) is 5.69 Å². The fraction of sp³-hybridized carbons (Fsp3) is 0.238. The first kappa shape index (κ1) is 21.7. The Morgan fingerprint density at radius 3 is 2.52 bits per heavy atom. The molecule has 2 aromatic rings. The van der Waals surface area contributed by atoms with Crippen LogP contribution in [0.15, 0.2) is 50.8 Å². The van der Waals surface area contributed by atoms with Gasteiger partial charge in [0.25, 0.3) is 5.91 Å². The Balaban J connectivity index is 1.85. The molecule has 0 bridgehead atoms. The van der Waals surface area contributed by atoms with Gasteiger partial charge in [-0.25, -0.2) is 0 Å². The second-order valence-electron chi connectivity index (χ2n) is 6.04. The third kappa shape index (κ3) is 5.15. The molecule has 0 saturated heterocycles. The minimum atomic E-state index is -0.270. The van der Waals surface area contributed by atoms with Crippen molar-refractivity contribution in [3.8, 4) is 11.5 Å². The van der Waals surface area contributed by atoms with Gasteiger partial charge in [-0.2, -0.15) is 4.99 Å². The van der Waals surface area contributed by atoms with Gasteiger partial charge in [-0.1, -0.05) is 11.6 Å². The number of thioether (sulfide) groups is 1. The minimum absolute atomic E-state index is 0.270. The summed E-state index contributed by atoms with van der Waals surface area (Å²) in [5, 5.41) is 1.27. The molecule has 8 heteroatoms. The Morgan fingerprint density at radius 2 is 1.86 bits per heavy atom. The third-order valence-electron chi connectivity index (χ3n) is 4.03. The van der Waals surface area contributed by atoms with E-state index in [0.29, 0.717) is 39.8 Å². The number of amidine groups is 1. The molecule has 2 aromatic carbocycles. The molecule has 0 saturated carbocycles. The fourth-order valence-electron chi connectivity index (χ4n) is 2.69. The van der Waals surface area contributed by atoms with Crippen LogP contribution in [0.3, 0.4) is 0 Å². The van der Waals surface area contributed by atoms with E-state index in [2.05, 4.69) is 20.9 Å². The van der Waals surface area contributed by atoms with Crippen LogP contribution in [0.25, 0.3) is 6.08 Å². The van der Waals surface area contributed by atoms with Gasteiger partial charge in [0, 0.05) is 17.8 Å². The van der Waals surface area contributed by atoms with Crippen molar-refractivity contribution in [2.45, 2.75) is 13.8 Å². The average molecular weight is 496 g/mol. The molecule has 3 rings (SSSR count). The van der Waals surface area contributed by atoms with Crippen molar-refractivity contribution < 1.29 is 14.3 Å². The first-order valence-electron chi connectivity index (χ1n) is 9.04. The highest BCUT2D eigenvalue weighted by atomic mass is 79.9. The summed E-state index contributed by atoms with van der Waals surface area (Å²) >= 11 is 10.8. The van der Waals surface area contributed by atoms with Crippen molar-refractivity contribution in [3.63, 3.8) is 0 Å². The normalized spacial score (nSPS) is 14.9. The van der Waals surface area contributed by atoms with Gasteiger partial charge in [0.15, 0.2) is 16.7 Å². The van der Waals surface area contributed by atoms with Crippen molar-refractivity contribution in [1.82, 2.24) is 0 Å². The highest BCUT2D eigenvalue weighted by Crippen LogP contribution is 2.39. The second kappa shape index (κ2) is 9.69. The Labute approximate surface area is 187 Å². The highest BCUT2D eigenvalue weighted by molar-refractivity contribution is 9.10. The van der Waals surface area contributed by atoms with Gasteiger partial charge in [-0.05, 0) is 89.6 Å². The number of rotatable bonds is 6.